The Morgan fingerprint density at radius 3 is 2.47 bits per heavy atom. The molecule has 0 amide bonds. The Balaban J connectivity index is 1.64. The fourth-order valence-electron chi connectivity index (χ4n) is 3.67. The first-order valence-corrected chi connectivity index (χ1v) is 8.66. The van der Waals surface area contributed by atoms with E-state index in [0.29, 0.717) is 6.04 Å². The van der Waals surface area contributed by atoms with Crippen molar-refractivity contribution in [1.29, 1.82) is 0 Å². The summed E-state index contributed by atoms with van der Waals surface area (Å²) in [6, 6.07) is 8.16. The van der Waals surface area contributed by atoms with Gasteiger partial charge in [0.25, 0.3) is 0 Å². The monoisotopic (exact) mass is 321 g/mol. The van der Waals surface area contributed by atoms with E-state index in [1.54, 1.807) is 5.56 Å². The SMILES string of the molecule is Brc1ccc2c(c1)CCC2NC1CCCCCCC1. The summed E-state index contributed by atoms with van der Waals surface area (Å²) in [6.45, 7) is 0. The molecule has 2 aliphatic rings. The lowest BCUT2D eigenvalue weighted by molar-refractivity contribution is 0.352. The van der Waals surface area contributed by atoms with Crippen molar-refractivity contribution < 1.29 is 0 Å². The molecule has 0 aliphatic heterocycles. The maximum absolute atomic E-state index is 3.95. The lowest BCUT2D eigenvalue weighted by Gasteiger charge is -2.25. The Hall–Kier alpha value is -0.340. The van der Waals surface area contributed by atoms with E-state index >= 15 is 0 Å². The van der Waals surface area contributed by atoms with Crippen molar-refractivity contribution in [1.82, 2.24) is 5.32 Å². The summed E-state index contributed by atoms with van der Waals surface area (Å²) < 4.78 is 1.22. The first kappa shape index (κ1) is 13.6. The molecule has 104 valence electrons. The third-order valence-electron chi connectivity index (χ3n) is 4.72. The average molecular weight is 322 g/mol. The largest absolute Gasteiger partial charge is 0.307 e. The summed E-state index contributed by atoms with van der Waals surface area (Å²) >= 11 is 3.58. The average Bonchev–Trinajstić information content (AvgIpc) is 2.74. The van der Waals surface area contributed by atoms with E-state index in [9.17, 15) is 0 Å². The van der Waals surface area contributed by atoms with Crippen molar-refractivity contribution in [3.8, 4) is 0 Å². The van der Waals surface area contributed by atoms with Crippen LogP contribution in [0.3, 0.4) is 0 Å². The van der Waals surface area contributed by atoms with Gasteiger partial charge in [0.2, 0.25) is 0 Å². The van der Waals surface area contributed by atoms with Gasteiger partial charge in [0.1, 0.15) is 0 Å². The van der Waals surface area contributed by atoms with Gasteiger partial charge >= 0.3 is 0 Å². The first-order valence-electron chi connectivity index (χ1n) is 7.87. The zero-order valence-corrected chi connectivity index (χ0v) is 13.2. The molecule has 0 bridgehead atoms. The van der Waals surface area contributed by atoms with E-state index in [2.05, 4.69) is 39.4 Å². The van der Waals surface area contributed by atoms with Crippen LogP contribution in [0.2, 0.25) is 0 Å². The van der Waals surface area contributed by atoms with Gasteiger partial charge in [-0.2, -0.15) is 0 Å². The number of nitrogens with one attached hydrogen (secondary N) is 1. The molecule has 19 heavy (non-hydrogen) atoms. The Morgan fingerprint density at radius 1 is 0.947 bits per heavy atom. The fraction of sp³-hybridized carbons (Fsp3) is 0.647. The number of halogens is 1. The van der Waals surface area contributed by atoms with Crippen LogP contribution >= 0.6 is 15.9 Å². The lowest BCUT2D eigenvalue weighted by Crippen LogP contribution is -2.32. The van der Waals surface area contributed by atoms with Crippen molar-refractivity contribution in [2.75, 3.05) is 0 Å². The van der Waals surface area contributed by atoms with E-state index in [1.165, 1.54) is 67.8 Å². The molecule has 1 N–H and O–H groups in total. The van der Waals surface area contributed by atoms with Gasteiger partial charge in [-0.15, -0.1) is 0 Å². The Labute approximate surface area is 125 Å². The van der Waals surface area contributed by atoms with Crippen LogP contribution in [0.15, 0.2) is 22.7 Å². The molecule has 1 saturated carbocycles. The normalized spacial score (nSPS) is 24.8. The van der Waals surface area contributed by atoms with E-state index in [1.807, 2.05) is 0 Å². The molecular formula is C17H24BrN. The minimum absolute atomic E-state index is 0.604. The molecule has 0 spiro atoms. The minimum atomic E-state index is 0.604. The second-order valence-corrected chi connectivity index (χ2v) is 7.06. The van der Waals surface area contributed by atoms with E-state index in [4.69, 9.17) is 0 Å². The zero-order chi connectivity index (χ0) is 13.1. The molecular weight excluding hydrogens is 298 g/mol. The molecule has 0 radical (unpaired) electrons. The van der Waals surface area contributed by atoms with Crippen LogP contribution in [-0.4, -0.2) is 6.04 Å². The van der Waals surface area contributed by atoms with Crippen LogP contribution in [0, 0.1) is 0 Å². The Morgan fingerprint density at radius 2 is 1.68 bits per heavy atom. The number of benzene rings is 1. The summed E-state index contributed by atoms with van der Waals surface area (Å²) in [5.74, 6) is 0. The summed E-state index contributed by atoms with van der Waals surface area (Å²) in [4.78, 5) is 0. The highest BCUT2D eigenvalue weighted by atomic mass is 79.9. The number of hydrogen-bond donors (Lipinski definition) is 1. The van der Waals surface area contributed by atoms with E-state index in [0.717, 1.165) is 6.04 Å². The number of rotatable bonds is 2. The van der Waals surface area contributed by atoms with E-state index < -0.39 is 0 Å². The van der Waals surface area contributed by atoms with Crippen LogP contribution in [0.5, 0.6) is 0 Å². The van der Waals surface area contributed by atoms with Gasteiger partial charge in [-0.1, -0.05) is 54.1 Å². The second kappa shape index (κ2) is 6.41. The highest BCUT2D eigenvalue weighted by molar-refractivity contribution is 9.10. The van der Waals surface area contributed by atoms with Gasteiger partial charge in [0, 0.05) is 16.6 Å². The lowest BCUT2D eigenvalue weighted by atomic mass is 9.95. The summed E-state index contributed by atoms with van der Waals surface area (Å²) in [7, 11) is 0. The Kier molecular flexibility index (Phi) is 4.60. The Bertz CT molecular complexity index is 421. The van der Waals surface area contributed by atoms with Crippen LogP contribution in [0.25, 0.3) is 0 Å². The van der Waals surface area contributed by atoms with Gasteiger partial charge in [-0.05, 0) is 48.9 Å². The third kappa shape index (κ3) is 3.41. The fourth-order valence-corrected chi connectivity index (χ4v) is 4.08. The van der Waals surface area contributed by atoms with Gasteiger partial charge < -0.3 is 5.32 Å². The molecule has 3 rings (SSSR count). The zero-order valence-electron chi connectivity index (χ0n) is 11.6. The van der Waals surface area contributed by atoms with Crippen molar-refractivity contribution in [3.63, 3.8) is 0 Å². The number of aryl methyl sites for hydroxylation is 1. The predicted octanol–water partition coefficient (Wildman–Crippen LogP) is 5.14. The number of hydrogen-bond acceptors (Lipinski definition) is 1. The molecule has 2 aliphatic carbocycles. The molecule has 1 fully saturated rings. The molecule has 2 heteroatoms. The van der Waals surface area contributed by atoms with Crippen molar-refractivity contribution in [2.24, 2.45) is 0 Å². The van der Waals surface area contributed by atoms with Crippen LogP contribution in [-0.2, 0) is 6.42 Å². The second-order valence-electron chi connectivity index (χ2n) is 6.14. The summed E-state index contributed by atoms with van der Waals surface area (Å²) in [5.41, 5.74) is 3.09. The molecule has 1 aromatic carbocycles. The van der Waals surface area contributed by atoms with Crippen molar-refractivity contribution in [3.05, 3.63) is 33.8 Å². The highest BCUT2D eigenvalue weighted by Gasteiger charge is 2.24. The van der Waals surface area contributed by atoms with Gasteiger partial charge in [0.15, 0.2) is 0 Å². The summed E-state index contributed by atoms with van der Waals surface area (Å²) in [5, 5.41) is 3.95. The smallest absolute Gasteiger partial charge is 0.0328 e. The molecule has 1 nitrogen and oxygen atoms in total. The number of fused-ring (bicyclic) bond motifs is 1. The molecule has 1 unspecified atom stereocenters. The van der Waals surface area contributed by atoms with Gasteiger partial charge in [0.05, 0.1) is 0 Å². The molecule has 1 atom stereocenters. The molecule has 1 aromatic rings. The van der Waals surface area contributed by atoms with Crippen LogP contribution in [0.4, 0.5) is 0 Å². The first-order chi connectivity index (χ1) is 9.33. The molecule has 0 heterocycles. The predicted molar refractivity (Wildman–Crippen MR) is 84.4 cm³/mol. The maximum Gasteiger partial charge on any atom is 0.0328 e. The molecule has 0 aromatic heterocycles. The third-order valence-corrected chi connectivity index (χ3v) is 5.22. The van der Waals surface area contributed by atoms with Crippen molar-refractivity contribution >= 4 is 15.9 Å². The minimum Gasteiger partial charge on any atom is -0.307 e. The molecule has 0 saturated heterocycles. The topological polar surface area (TPSA) is 12.0 Å². The van der Waals surface area contributed by atoms with Crippen molar-refractivity contribution in [2.45, 2.75) is 69.9 Å². The van der Waals surface area contributed by atoms with Crippen LogP contribution in [0.1, 0.15) is 68.5 Å². The highest BCUT2D eigenvalue weighted by Crippen LogP contribution is 2.34. The quantitative estimate of drug-likeness (QED) is 0.795. The maximum atomic E-state index is 3.95. The van der Waals surface area contributed by atoms with E-state index in [-0.39, 0.29) is 0 Å². The summed E-state index contributed by atoms with van der Waals surface area (Å²) in [6.07, 6.45) is 12.4. The standard InChI is InChI=1S/C17H24BrN/c18-14-9-10-16-13(12-14)8-11-17(16)19-15-6-4-2-1-3-5-7-15/h9-10,12,15,17,19H,1-8,11H2. The van der Waals surface area contributed by atoms with Gasteiger partial charge in [-0.25, -0.2) is 0 Å². The van der Waals surface area contributed by atoms with Gasteiger partial charge in [-0.3, -0.25) is 0 Å². The van der Waals surface area contributed by atoms with Crippen LogP contribution < -0.4 is 5.32 Å².